The van der Waals surface area contributed by atoms with Gasteiger partial charge in [-0.25, -0.2) is 0 Å². The number of carbonyl (C=O) groups excluding carboxylic acids is 3. The molecule has 6 nitrogen and oxygen atoms in total. The highest BCUT2D eigenvalue weighted by atomic mass is 16.6. The van der Waals surface area contributed by atoms with Crippen LogP contribution in [0.1, 0.15) is 303 Å². The zero-order valence-corrected chi connectivity index (χ0v) is 48.1. The predicted octanol–water partition coefficient (Wildman–Crippen LogP) is 21.1. The van der Waals surface area contributed by atoms with Gasteiger partial charge in [0.15, 0.2) is 6.10 Å². The summed E-state index contributed by atoms with van der Waals surface area (Å²) in [7, 11) is 0. The van der Waals surface area contributed by atoms with Gasteiger partial charge < -0.3 is 14.2 Å². The normalized spacial score (nSPS) is 12.6. The average Bonchev–Trinajstić information content (AvgIpc) is 3.39. The molecule has 0 spiro atoms. The first kappa shape index (κ1) is 69.6. The summed E-state index contributed by atoms with van der Waals surface area (Å²) in [6.07, 6.45) is 80.2. The third-order valence-corrected chi connectivity index (χ3v) is 13.4. The number of unbranched alkanes of at least 4 members (excludes halogenated alkanes) is 31. The van der Waals surface area contributed by atoms with Crippen molar-refractivity contribution in [1.82, 2.24) is 0 Å². The predicted molar refractivity (Wildman–Crippen MR) is 316 cm³/mol. The molecular weight excluding hydrogens is 901 g/mol. The van der Waals surface area contributed by atoms with Gasteiger partial charge in [0.1, 0.15) is 13.2 Å². The molecule has 0 aromatic rings. The minimum absolute atomic E-state index is 0.108. The monoisotopic (exact) mass is 1020 g/mol. The quantitative estimate of drug-likeness (QED) is 0.0261. The van der Waals surface area contributed by atoms with Crippen molar-refractivity contribution in [1.29, 1.82) is 0 Å². The molecule has 0 aliphatic rings. The van der Waals surface area contributed by atoms with Gasteiger partial charge in [-0.2, -0.15) is 0 Å². The first-order valence-corrected chi connectivity index (χ1v) is 31.1. The first-order chi connectivity index (χ1) is 36.0. The van der Waals surface area contributed by atoms with Crippen LogP contribution in [-0.4, -0.2) is 37.2 Å². The summed E-state index contributed by atoms with van der Waals surface area (Å²) in [6.45, 7) is 6.56. The minimum atomic E-state index is -0.820. The number of ether oxygens (including phenoxy) is 3. The van der Waals surface area contributed by atoms with Crippen molar-refractivity contribution in [2.75, 3.05) is 13.2 Å². The van der Waals surface area contributed by atoms with Gasteiger partial charge in [0.25, 0.3) is 0 Å². The Hall–Kier alpha value is -3.41. The Morgan fingerprint density at radius 2 is 0.521 bits per heavy atom. The maximum atomic E-state index is 12.9. The second kappa shape index (κ2) is 61.1. The molecule has 0 aliphatic carbocycles. The molecule has 420 valence electrons. The number of allylic oxidation sites excluding steroid dienone is 14. The molecule has 0 radical (unpaired) electrons. The summed E-state index contributed by atoms with van der Waals surface area (Å²) in [5.41, 5.74) is 0. The smallest absolute Gasteiger partial charge is 0.306 e. The first-order valence-electron chi connectivity index (χ1n) is 31.1. The highest BCUT2D eigenvalue weighted by molar-refractivity contribution is 5.71. The van der Waals surface area contributed by atoms with E-state index in [2.05, 4.69) is 99.8 Å². The Labute approximate surface area is 452 Å². The Kier molecular flexibility index (Phi) is 58.3. The maximum Gasteiger partial charge on any atom is 0.306 e. The molecule has 0 N–H and O–H groups in total. The summed E-state index contributed by atoms with van der Waals surface area (Å²) < 4.78 is 16.8. The van der Waals surface area contributed by atoms with E-state index in [1.54, 1.807) is 0 Å². The number of carbonyl (C=O) groups is 3. The van der Waals surface area contributed by atoms with E-state index in [0.29, 0.717) is 19.3 Å². The van der Waals surface area contributed by atoms with Crippen LogP contribution in [0.25, 0.3) is 0 Å². The van der Waals surface area contributed by atoms with Crippen LogP contribution in [0.15, 0.2) is 85.1 Å². The number of rotatable bonds is 56. The molecule has 0 aromatic carbocycles. The Bertz CT molecular complexity index is 1400. The molecule has 0 amide bonds. The van der Waals surface area contributed by atoms with E-state index in [1.165, 1.54) is 193 Å². The van der Waals surface area contributed by atoms with E-state index in [1.807, 2.05) is 6.08 Å². The van der Waals surface area contributed by atoms with E-state index < -0.39 is 6.10 Å². The lowest BCUT2D eigenvalue weighted by molar-refractivity contribution is -0.166. The van der Waals surface area contributed by atoms with Crippen LogP contribution in [0.3, 0.4) is 0 Å². The van der Waals surface area contributed by atoms with E-state index >= 15 is 0 Å². The molecule has 0 fully saturated rings. The van der Waals surface area contributed by atoms with E-state index in [9.17, 15) is 14.4 Å². The van der Waals surface area contributed by atoms with Gasteiger partial charge in [-0.1, -0.05) is 260 Å². The topological polar surface area (TPSA) is 78.9 Å². The van der Waals surface area contributed by atoms with E-state index in [4.69, 9.17) is 14.2 Å². The molecule has 0 saturated carbocycles. The standard InChI is InChI=1S/C67H116O6/c1-4-7-10-13-16-19-22-25-28-31-33-36-39-42-45-48-51-54-57-60-66(69)72-63-64(62-71-65(68)59-56-53-50-47-44-41-38-35-30-27-24-21-18-15-12-9-6-3)73-67(70)61-58-55-52-49-46-43-40-37-34-32-29-26-23-20-17-14-11-8-5-2/h17,20,25-30,34,37,43,46,52,55,64H,4-16,18-19,21-24,31-33,35-36,38-42,44-45,47-51,53-54,56-63H2,1-3H3/b20-17-,28-25-,29-26-,30-27-,37-34-,46-43-,55-52-/t64-/m0/s1. The summed E-state index contributed by atoms with van der Waals surface area (Å²) >= 11 is 0. The fourth-order valence-corrected chi connectivity index (χ4v) is 8.65. The van der Waals surface area contributed by atoms with Crippen molar-refractivity contribution in [3.8, 4) is 0 Å². The van der Waals surface area contributed by atoms with Gasteiger partial charge in [0.2, 0.25) is 0 Å². The number of esters is 3. The van der Waals surface area contributed by atoms with Crippen LogP contribution in [0.5, 0.6) is 0 Å². The summed E-state index contributed by atoms with van der Waals surface area (Å²) in [5, 5.41) is 0. The fourth-order valence-electron chi connectivity index (χ4n) is 8.65. The van der Waals surface area contributed by atoms with Gasteiger partial charge >= 0.3 is 17.9 Å². The second-order valence-electron chi connectivity index (χ2n) is 20.6. The van der Waals surface area contributed by atoms with Crippen LogP contribution in [0.2, 0.25) is 0 Å². The Morgan fingerprint density at radius 3 is 0.863 bits per heavy atom. The van der Waals surface area contributed by atoms with E-state index in [-0.39, 0.29) is 37.5 Å². The summed E-state index contributed by atoms with van der Waals surface area (Å²) in [5.74, 6) is -0.987. The van der Waals surface area contributed by atoms with Crippen molar-refractivity contribution in [2.45, 2.75) is 309 Å². The molecular formula is C67H116O6. The number of hydrogen-bond acceptors (Lipinski definition) is 6. The highest BCUT2D eigenvalue weighted by Crippen LogP contribution is 2.15. The SMILES string of the molecule is CCCCC/C=C\C/C=C\C/C=C\C/C=C\C/C=C\CCC(=O)O[C@@H](COC(=O)CCCCCCCCC/C=C\CCCCCCCC)COC(=O)CCCCCCCCCCC/C=C\CCCCCCCC. The molecule has 0 bridgehead atoms. The lowest BCUT2D eigenvalue weighted by Gasteiger charge is -2.18. The van der Waals surface area contributed by atoms with Gasteiger partial charge in [-0.05, 0) is 109 Å². The van der Waals surface area contributed by atoms with Gasteiger partial charge in [0, 0.05) is 19.3 Å². The number of hydrogen-bond donors (Lipinski definition) is 0. The fraction of sp³-hybridized carbons (Fsp3) is 0.746. The van der Waals surface area contributed by atoms with Crippen molar-refractivity contribution in [2.24, 2.45) is 0 Å². The van der Waals surface area contributed by atoms with Gasteiger partial charge in [-0.3, -0.25) is 14.4 Å². The third kappa shape index (κ3) is 59.3. The Morgan fingerprint density at radius 1 is 0.274 bits per heavy atom. The summed E-state index contributed by atoms with van der Waals surface area (Å²) in [4.78, 5) is 38.2. The highest BCUT2D eigenvalue weighted by Gasteiger charge is 2.19. The molecule has 0 rings (SSSR count). The second-order valence-corrected chi connectivity index (χ2v) is 20.6. The maximum absolute atomic E-state index is 12.9. The zero-order valence-electron chi connectivity index (χ0n) is 48.1. The molecule has 6 heteroatoms. The van der Waals surface area contributed by atoms with Crippen LogP contribution < -0.4 is 0 Å². The lowest BCUT2D eigenvalue weighted by atomic mass is 10.1. The van der Waals surface area contributed by atoms with Crippen LogP contribution in [-0.2, 0) is 28.6 Å². The van der Waals surface area contributed by atoms with Crippen LogP contribution in [0, 0.1) is 0 Å². The molecule has 1 atom stereocenters. The molecule has 0 aromatic heterocycles. The zero-order chi connectivity index (χ0) is 52.9. The van der Waals surface area contributed by atoms with Crippen LogP contribution >= 0.6 is 0 Å². The van der Waals surface area contributed by atoms with Crippen molar-refractivity contribution >= 4 is 17.9 Å². The van der Waals surface area contributed by atoms with Crippen molar-refractivity contribution in [3.05, 3.63) is 85.1 Å². The van der Waals surface area contributed by atoms with Crippen molar-refractivity contribution in [3.63, 3.8) is 0 Å². The molecule has 0 heterocycles. The van der Waals surface area contributed by atoms with Gasteiger partial charge in [0.05, 0.1) is 0 Å². The Balaban J connectivity index is 4.49. The minimum Gasteiger partial charge on any atom is -0.462 e. The largest absolute Gasteiger partial charge is 0.462 e. The molecule has 0 unspecified atom stereocenters. The molecule has 0 aliphatic heterocycles. The molecule has 73 heavy (non-hydrogen) atoms. The molecule has 0 saturated heterocycles. The average molecular weight is 1020 g/mol. The lowest BCUT2D eigenvalue weighted by Crippen LogP contribution is -2.30. The van der Waals surface area contributed by atoms with Gasteiger partial charge in [-0.15, -0.1) is 0 Å². The summed E-state index contributed by atoms with van der Waals surface area (Å²) in [6, 6.07) is 0. The van der Waals surface area contributed by atoms with Crippen LogP contribution in [0.4, 0.5) is 0 Å². The van der Waals surface area contributed by atoms with E-state index in [0.717, 1.165) is 64.2 Å². The van der Waals surface area contributed by atoms with Crippen molar-refractivity contribution < 1.29 is 28.6 Å². The third-order valence-electron chi connectivity index (χ3n) is 13.4.